The quantitative estimate of drug-likeness (QED) is 0.661. The first-order chi connectivity index (χ1) is 7.63. The van der Waals surface area contributed by atoms with Crippen molar-refractivity contribution in [1.82, 2.24) is 15.1 Å². The first-order valence-electron chi connectivity index (χ1n) is 6.67. The van der Waals surface area contributed by atoms with Crippen molar-refractivity contribution < 1.29 is 0 Å². The molecular formula is C13H29N3. The van der Waals surface area contributed by atoms with Gasteiger partial charge in [0.05, 0.1) is 0 Å². The summed E-state index contributed by atoms with van der Waals surface area (Å²) in [5.41, 5.74) is 0. The molecule has 1 fully saturated rings. The van der Waals surface area contributed by atoms with Gasteiger partial charge in [0, 0.05) is 19.1 Å². The summed E-state index contributed by atoms with van der Waals surface area (Å²) >= 11 is 0. The van der Waals surface area contributed by atoms with E-state index in [9.17, 15) is 0 Å². The van der Waals surface area contributed by atoms with Crippen LogP contribution >= 0.6 is 0 Å². The van der Waals surface area contributed by atoms with Crippen molar-refractivity contribution in [3.8, 4) is 0 Å². The number of hydrogen-bond acceptors (Lipinski definition) is 3. The van der Waals surface area contributed by atoms with E-state index in [1.54, 1.807) is 0 Å². The molecule has 1 heterocycles. The molecule has 0 bridgehead atoms. The molecule has 3 nitrogen and oxygen atoms in total. The zero-order valence-electron chi connectivity index (χ0n) is 11.5. The second-order valence-corrected chi connectivity index (χ2v) is 5.45. The molecule has 1 aliphatic heterocycles. The van der Waals surface area contributed by atoms with Crippen LogP contribution in [0.3, 0.4) is 0 Å². The molecule has 0 aromatic heterocycles. The van der Waals surface area contributed by atoms with Crippen LogP contribution in [0.25, 0.3) is 0 Å². The van der Waals surface area contributed by atoms with E-state index in [0.29, 0.717) is 0 Å². The van der Waals surface area contributed by atoms with Crippen molar-refractivity contribution in [3.05, 3.63) is 0 Å². The third-order valence-corrected chi connectivity index (χ3v) is 3.84. The van der Waals surface area contributed by atoms with Gasteiger partial charge in [0.1, 0.15) is 0 Å². The van der Waals surface area contributed by atoms with Crippen LogP contribution in [0.2, 0.25) is 0 Å². The highest BCUT2D eigenvalue weighted by molar-refractivity contribution is 4.77. The normalized spacial score (nSPS) is 24.2. The lowest BCUT2D eigenvalue weighted by atomic mass is 10.1. The van der Waals surface area contributed by atoms with Gasteiger partial charge in [0.2, 0.25) is 0 Å². The minimum Gasteiger partial charge on any atom is -0.320 e. The molecule has 0 aromatic carbocycles. The summed E-state index contributed by atoms with van der Waals surface area (Å²) in [7, 11) is 6.54. The van der Waals surface area contributed by atoms with Crippen LogP contribution in [0.15, 0.2) is 0 Å². The van der Waals surface area contributed by atoms with Crippen molar-refractivity contribution in [2.24, 2.45) is 5.92 Å². The van der Waals surface area contributed by atoms with Crippen LogP contribution in [-0.2, 0) is 0 Å². The molecule has 0 aromatic rings. The van der Waals surface area contributed by atoms with E-state index in [0.717, 1.165) is 18.5 Å². The first-order valence-corrected chi connectivity index (χ1v) is 6.67. The molecular weight excluding hydrogens is 198 g/mol. The van der Waals surface area contributed by atoms with E-state index < -0.39 is 0 Å². The lowest BCUT2D eigenvalue weighted by Crippen LogP contribution is -2.34. The van der Waals surface area contributed by atoms with Gasteiger partial charge in [-0.05, 0) is 66.3 Å². The van der Waals surface area contributed by atoms with Crippen LogP contribution in [-0.4, -0.2) is 63.2 Å². The first kappa shape index (κ1) is 13.9. The summed E-state index contributed by atoms with van der Waals surface area (Å²) in [6.07, 6.45) is 3.97. The Morgan fingerprint density at radius 3 is 2.81 bits per heavy atom. The summed E-state index contributed by atoms with van der Waals surface area (Å²) in [5, 5.41) is 3.22. The minimum absolute atomic E-state index is 0.722. The van der Waals surface area contributed by atoms with Gasteiger partial charge in [-0.2, -0.15) is 0 Å². The number of rotatable bonds is 7. The summed E-state index contributed by atoms with van der Waals surface area (Å²) in [4.78, 5) is 4.99. The standard InChI is InChI=1S/C13H29N3/c1-12(6-5-8-14-2)16(4)11-13-7-9-15(3)10-13/h12-14H,5-11H2,1-4H3. The number of nitrogens with one attached hydrogen (secondary N) is 1. The second kappa shape index (κ2) is 7.25. The lowest BCUT2D eigenvalue weighted by Gasteiger charge is -2.27. The van der Waals surface area contributed by atoms with Gasteiger partial charge in [-0.1, -0.05) is 0 Å². The highest BCUT2D eigenvalue weighted by Gasteiger charge is 2.22. The molecule has 1 aliphatic rings. The molecule has 3 heteroatoms. The van der Waals surface area contributed by atoms with Crippen molar-refractivity contribution >= 4 is 0 Å². The zero-order valence-corrected chi connectivity index (χ0v) is 11.5. The SMILES string of the molecule is CNCCCC(C)N(C)CC1CCN(C)C1. The predicted octanol–water partition coefficient (Wildman–Crippen LogP) is 1.26. The van der Waals surface area contributed by atoms with Gasteiger partial charge >= 0.3 is 0 Å². The van der Waals surface area contributed by atoms with Crippen LogP contribution < -0.4 is 5.32 Å². The molecule has 96 valence electrons. The van der Waals surface area contributed by atoms with Gasteiger partial charge in [0.15, 0.2) is 0 Å². The maximum atomic E-state index is 3.22. The molecule has 1 N–H and O–H groups in total. The number of hydrogen-bond donors (Lipinski definition) is 1. The van der Waals surface area contributed by atoms with Crippen molar-refractivity contribution in [1.29, 1.82) is 0 Å². The van der Waals surface area contributed by atoms with E-state index in [2.05, 4.69) is 36.1 Å². The number of likely N-dealkylation sites (tertiary alicyclic amines) is 1. The molecule has 0 aliphatic carbocycles. The molecule has 0 radical (unpaired) electrons. The topological polar surface area (TPSA) is 18.5 Å². The average Bonchev–Trinajstić information content (AvgIpc) is 2.64. The van der Waals surface area contributed by atoms with Crippen LogP contribution in [0, 0.1) is 5.92 Å². The second-order valence-electron chi connectivity index (χ2n) is 5.45. The third-order valence-electron chi connectivity index (χ3n) is 3.84. The smallest absolute Gasteiger partial charge is 0.00644 e. The highest BCUT2D eigenvalue weighted by Crippen LogP contribution is 2.17. The summed E-state index contributed by atoms with van der Waals surface area (Å²) in [6, 6.07) is 0.722. The van der Waals surface area contributed by atoms with Gasteiger partial charge in [0.25, 0.3) is 0 Å². The Kier molecular flexibility index (Phi) is 6.32. The van der Waals surface area contributed by atoms with Crippen LogP contribution in [0.1, 0.15) is 26.2 Å². The Morgan fingerprint density at radius 2 is 2.25 bits per heavy atom. The van der Waals surface area contributed by atoms with E-state index in [4.69, 9.17) is 0 Å². The Bertz CT molecular complexity index is 184. The van der Waals surface area contributed by atoms with E-state index in [1.807, 2.05) is 7.05 Å². The maximum absolute atomic E-state index is 3.22. The Labute approximate surface area is 101 Å². The Morgan fingerprint density at radius 1 is 1.50 bits per heavy atom. The van der Waals surface area contributed by atoms with Crippen molar-refractivity contribution in [2.45, 2.75) is 32.2 Å². The predicted molar refractivity (Wildman–Crippen MR) is 70.9 cm³/mol. The summed E-state index contributed by atoms with van der Waals surface area (Å²) < 4.78 is 0. The lowest BCUT2D eigenvalue weighted by molar-refractivity contribution is 0.207. The van der Waals surface area contributed by atoms with Gasteiger partial charge < -0.3 is 15.1 Å². The fourth-order valence-corrected chi connectivity index (χ4v) is 2.56. The summed E-state index contributed by atoms with van der Waals surface area (Å²) in [5.74, 6) is 0.891. The fraction of sp³-hybridized carbons (Fsp3) is 1.00. The maximum Gasteiger partial charge on any atom is 0.00644 e. The van der Waals surface area contributed by atoms with E-state index in [-0.39, 0.29) is 0 Å². The monoisotopic (exact) mass is 227 g/mol. The average molecular weight is 227 g/mol. The molecule has 1 rings (SSSR count). The third kappa shape index (κ3) is 4.81. The highest BCUT2D eigenvalue weighted by atomic mass is 15.2. The van der Waals surface area contributed by atoms with Crippen molar-refractivity contribution in [3.63, 3.8) is 0 Å². The molecule has 0 amide bonds. The van der Waals surface area contributed by atoms with E-state index >= 15 is 0 Å². The van der Waals surface area contributed by atoms with E-state index in [1.165, 1.54) is 38.9 Å². The van der Waals surface area contributed by atoms with Crippen LogP contribution in [0.5, 0.6) is 0 Å². The Balaban J connectivity index is 2.15. The van der Waals surface area contributed by atoms with Gasteiger partial charge in [-0.15, -0.1) is 0 Å². The number of nitrogens with zero attached hydrogens (tertiary/aromatic N) is 2. The largest absolute Gasteiger partial charge is 0.320 e. The van der Waals surface area contributed by atoms with Crippen LogP contribution in [0.4, 0.5) is 0 Å². The molecule has 0 spiro atoms. The van der Waals surface area contributed by atoms with Crippen molar-refractivity contribution in [2.75, 3.05) is 47.3 Å². The van der Waals surface area contributed by atoms with Gasteiger partial charge in [-0.3, -0.25) is 0 Å². The molecule has 0 saturated carbocycles. The fourth-order valence-electron chi connectivity index (χ4n) is 2.56. The minimum atomic E-state index is 0.722. The molecule has 16 heavy (non-hydrogen) atoms. The Hall–Kier alpha value is -0.120. The zero-order chi connectivity index (χ0) is 12.0. The molecule has 2 atom stereocenters. The van der Waals surface area contributed by atoms with Gasteiger partial charge in [-0.25, -0.2) is 0 Å². The summed E-state index contributed by atoms with van der Waals surface area (Å²) in [6.45, 7) is 7.34. The molecule has 1 saturated heterocycles. The molecule has 2 unspecified atom stereocenters.